The van der Waals surface area contributed by atoms with Crippen LogP contribution in [0, 0.1) is 11.3 Å². The first-order chi connectivity index (χ1) is 13.7. The van der Waals surface area contributed by atoms with E-state index < -0.39 is 0 Å². The van der Waals surface area contributed by atoms with Gasteiger partial charge in [0.2, 0.25) is 0 Å². The molecule has 0 unspecified atom stereocenters. The quantitative estimate of drug-likeness (QED) is 0.622. The molecule has 4 nitrogen and oxygen atoms in total. The Morgan fingerprint density at radius 2 is 1.86 bits per heavy atom. The van der Waals surface area contributed by atoms with Gasteiger partial charge in [-0.15, -0.1) is 0 Å². The Morgan fingerprint density at radius 1 is 1.04 bits per heavy atom. The van der Waals surface area contributed by atoms with Crippen molar-refractivity contribution in [1.29, 1.82) is 5.26 Å². The second-order valence-electron chi connectivity index (χ2n) is 6.60. The van der Waals surface area contributed by atoms with E-state index in [1.807, 2.05) is 24.3 Å². The summed E-state index contributed by atoms with van der Waals surface area (Å²) in [5.74, 6) is -0.185. The number of hydrogen-bond donors (Lipinski definition) is 1. The summed E-state index contributed by atoms with van der Waals surface area (Å²) >= 11 is 1.70. The zero-order valence-electron chi connectivity index (χ0n) is 15.3. The molecule has 0 spiro atoms. The smallest absolute Gasteiger partial charge is 0.255 e. The van der Waals surface area contributed by atoms with Crippen LogP contribution >= 0.6 is 11.9 Å². The molecule has 1 amide bonds. The maximum Gasteiger partial charge on any atom is 0.255 e. The topological polar surface area (TPSA) is 56.1 Å². The second kappa shape index (κ2) is 8.20. The molecule has 0 fully saturated rings. The lowest BCUT2D eigenvalue weighted by molar-refractivity contribution is 0.102. The molecule has 0 bridgehead atoms. The third-order valence-electron chi connectivity index (χ3n) is 4.65. The average Bonchev–Trinajstić information content (AvgIpc) is 2.74. The summed E-state index contributed by atoms with van der Waals surface area (Å²) in [5.41, 5.74) is 4.39. The van der Waals surface area contributed by atoms with Crippen LogP contribution in [0.25, 0.3) is 0 Å². The minimum atomic E-state index is -0.185. The zero-order valence-corrected chi connectivity index (χ0v) is 16.1. The van der Waals surface area contributed by atoms with Crippen molar-refractivity contribution < 1.29 is 4.79 Å². The number of benzene rings is 3. The first kappa shape index (κ1) is 18.1. The van der Waals surface area contributed by atoms with Crippen molar-refractivity contribution in [3.8, 4) is 6.07 Å². The SMILES string of the molecule is N#Cc1cccc(NC(=O)c2ccc(SN3CCCc4ccccc43)cc2)c1. The van der Waals surface area contributed by atoms with Gasteiger partial charge in [-0.05, 0) is 78.9 Å². The Balaban J connectivity index is 1.44. The lowest BCUT2D eigenvalue weighted by atomic mass is 10.0. The molecule has 138 valence electrons. The monoisotopic (exact) mass is 385 g/mol. The second-order valence-corrected chi connectivity index (χ2v) is 7.69. The van der Waals surface area contributed by atoms with Crippen molar-refractivity contribution in [2.75, 3.05) is 16.2 Å². The fourth-order valence-corrected chi connectivity index (χ4v) is 4.27. The third kappa shape index (κ3) is 4.03. The standard InChI is InChI=1S/C23H19N3OS/c24-16-17-5-3-8-20(15-17)25-23(27)19-10-12-21(13-11-19)28-26-14-4-7-18-6-1-2-9-22(18)26/h1-3,5-6,8-13,15H,4,7,14H2,(H,25,27). The molecule has 0 aromatic heterocycles. The van der Waals surface area contributed by atoms with Crippen LogP contribution in [0.3, 0.4) is 0 Å². The molecular formula is C23H19N3OS. The summed E-state index contributed by atoms with van der Waals surface area (Å²) in [6, 6.07) is 25.1. The predicted octanol–water partition coefficient (Wildman–Crippen LogP) is 5.27. The molecule has 0 radical (unpaired) electrons. The highest BCUT2D eigenvalue weighted by Crippen LogP contribution is 2.35. The van der Waals surface area contributed by atoms with Gasteiger partial charge in [-0.2, -0.15) is 5.26 Å². The van der Waals surface area contributed by atoms with Crippen LogP contribution < -0.4 is 9.62 Å². The normalized spacial score (nSPS) is 12.8. The Bertz CT molecular complexity index is 1040. The molecule has 0 saturated heterocycles. The fraction of sp³-hybridized carbons (Fsp3) is 0.130. The molecule has 28 heavy (non-hydrogen) atoms. The lowest BCUT2D eigenvalue weighted by Gasteiger charge is -2.29. The fourth-order valence-electron chi connectivity index (χ4n) is 3.26. The number of rotatable bonds is 4. The Labute approximate surface area is 168 Å². The van der Waals surface area contributed by atoms with Crippen LogP contribution in [-0.4, -0.2) is 12.5 Å². The molecule has 1 heterocycles. The highest BCUT2D eigenvalue weighted by molar-refractivity contribution is 8.00. The summed E-state index contributed by atoms with van der Waals surface area (Å²) in [6.45, 7) is 1.01. The number of nitrogens with zero attached hydrogens (tertiary/aromatic N) is 2. The largest absolute Gasteiger partial charge is 0.322 e. The first-order valence-electron chi connectivity index (χ1n) is 9.18. The summed E-state index contributed by atoms with van der Waals surface area (Å²) in [5, 5.41) is 11.8. The highest BCUT2D eigenvalue weighted by atomic mass is 32.2. The van der Waals surface area contributed by atoms with Crippen molar-refractivity contribution in [2.24, 2.45) is 0 Å². The summed E-state index contributed by atoms with van der Waals surface area (Å²) in [7, 11) is 0. The first-order valence-corrected chi connectivity index (χ1v) is 9.95. The molecule has 0 saturated carbocycles. The number of nitrogens with one attached hydrogen (secondary N) is 1. The van der Waals surface area contributed by atoms with Crippen LogP contribution in [0.2, 0.25) is 0 Å². The Kier molecular flexibility index (Phi) is 5.31. The minimum absolute atomic E-state index is 0.185. The number of nitriles is 1. The number of carbonyl (C=O) groups excluding carboxylic acids is 1. The van der Waals surface area contributed by atoms with Crippen molar-refractivity contribution in [2.45, 2.75) is 17.7 Å². The van der Waals surface area contributed by atoms with E-state index in [-0.39, 0.29) is 5.91 Å². The number of anilines is 2. The van der Waals surface area contributed by atoms with Crippen molar-refractivity contribution in [3.63, 3.8) is 0 Å². The molecule has 4 rings (SSSR count). The number of aryl methyl sites for hydroxylation is 1. The van der Waals surface area contributed by atoms with Crippen molar-refractivity contribution in [1.82, 2.24) is 0 Å². The average molecular weight is 385 g/mol. The molecule has 5 heteroatoms. The van der Waals surface area contributed by atoms with E-state index in [2.05, 4.69) is 40.0 Å². The predicted molar refractivity (Wildman–Crippen MR) is 114 cm³/mol. The minimum Gasteiger partial charge on any atom is -0.322 e. The van der Waals surface area contributed by atoms with E-state index in [0.29, 0.717) is 16.8 Å². The van der Waals surface area contributed by atoms with E-state index in [9.17, 15) is 4.79 Å². The van der Waals surface area contributed by atoms with E-state index >= 15 is 0 Å². The van der Waals surface area contributed by atoms with E-state index in [0.717, 1.165) is 24.3 Å². The Hall–Kier alpha value is -3.23. The van der Waals surface area contributed by atoms with Gasteiger partial charge >= 0.3 is 0 Å². The molecule has 0 atom stereocenters. The molecule has 1 aliphatic heterocycles. The molecular weight excluding hydrogens is 366 g/mol. The van der Waals surface area contributed by atoms with Gasteiger partial charge in [0.05, 0.1) is 17.3 Å². The highest BCUT2D eigenvalue weighted by Gasteiger charge is 2.17. The van der Waals surface area contributed by atoms with Gasteiger partial charge < -0.3 is 9.62 Å². The van der Waals surface area contributed by atoms with Gasteiger partial charge in [0.1, 0.15) is 0 Å². The van der Waals surface area contributed by atoms with Gasteiger partial charge in [0.25, 0.3) is 5.91 Å². The molecule has 1 N–H and O–H groups in total. The zero-order chi connectivity index (χ0) is 19.3. The maximum absolute atomic E-state index is 12.5. The van der Waals surface area contributed by atoms with E-state index in [4.69, 9.17) is 5.26 Å². The van der Waals surface area contributed by atoms with Crippen LogP contribution in [0.5, 0.6) is 0 Å². The van der Waals surface area contributed by atoms with Crippen LogP contribution in [0.4, 0.5) is 11.4 Å². The molecule has 0 aliphatic carbocycles. The number of amides is 1. The Morgan fingerprint density at radius 3 is 2.68 bits per heavy atom. The lowest BCUT2D eigenvalue weighted by Crippen LogP contribution is -2.22. The number of para-hydroxylation sites is 1. The number of carbonyl (C=O) groups is 1. The van der Waals surface area contributed by atoms with Crippen molar-refractivity contribution >= 4 is 29.2 Å². The van der Waals surface area contributed by atoms with E-state index in [1.54, 1.807) is 36.2 Å². The van der Waals surface area contributed by atoms with Crippen LogP contribution in [0.15, 0.2) is 77.7 Å². The van der Waals surface area contributed by atoms with Gasteiger partial charge in [0, 0.05) is 22.7 Å². The van der Waals surface area contributed by atoms with Gasteiger partial charge in [-0.3, -0.25) is 4.79 Å². The summed E-state index contributed by atoms with van der Waals surface area (Å²) in [4.78, 5) is 13.6. The molecule has 1 aliphatic rings. The number of hydrogen-bond acceptors (Lipinski definition) is 4. The van der Waals surface area contributed by atoms with Gasteiger partial charge in [-0.25, -0.2) is 0 Å². The third-order valence-corrected chi connectivity index (χ3v) is 5.73. The summed E-state index contributed by atoms with van der Waals surface area (Å²) in [6.07, 6.45) is 2.27. The van der Waals surface area contributed by atoms with Crippen LogP contribution in [0.1, 0.15) is 27.9 Å². The number of fused-ring (bicyclic) bond motifs is 1. The van der Waals surface area contributed by atoms with Crippen molar-refractivity contribution in [3.05, 3.63) is 89.5 Å². The molecule has 3 aromatic carbocycles. The maximum atomic E-state index is 12.5. The van der Waals surface area contributed by atoms with Crippen LogP contribution in [-0.2, 0) is 6.42 Å². The van der Waals surface area contributed by atoms with Gasteiger partial charge in [-0.1, -0.05) is 24.3 Å². The van der Waals surface area contributed by atoms with Gasteiger partial charge in [0.15, 0.2) is 0 Å². The van der Waals surface area contributed by atoms with E-state index in [1.165, 1.54) is 11.3 Å². The molecule has 3 aromatic rings. The summed E-state index contributed by atoms with van der Waals surface area (Å²) < 4.78 is 2.32.